The number of hydrogen-bond donors (Lipinski definition) is 0. The second kappa shape index (κ2) is 7.93. The molecule has 0 N–H and O–H groups in total. The monoisotopic (exact) mass is 392 g/mol. The zero-order valence-electron chi connectivity index (χ0n) is 13.8. The Bertz CT molecular complexity index is 709. The summed E-state index contributed by atoms with van der Waals surface area (Å²) in [4.78, 5) is 14.5. The number of likely N-dealkylation sites (tertiary alicyclic amines) is 1. The van der Waals surface area contributed by atoms with E-state index in [2.05, 4.69) is 0 Å². The van der Waals surface area contributed by atoms with E-state index < -0.39 is 10.0 Å². The smallest absolute Gasteiger partial charge is 0.243 e. The number of carbonyl (C=O) groups excluding carboxylic acids is 1. The Labute approximate surface area is 153 Å². The van der Waals surface area contributed by atoms with Crippen molar-refractivity contribution in [2.45, 2.75) is 38.6 Å². The molecule has 1 aromatic carbocycles. The molecule has 1 atom stereocenters. The Morgan fingerprint density at radius 2 is 2.04 bits per heavy atom. The Balaban J connectivity index is 2.28. The third-order valence-corrected chi connectivity index (χ3v) is 5.94. The van der Waals surface area contributed by atoms with Gasteiger partial charge >= 0.3 is 0 Å². The summed E-state index contributed by atoms with van der Waals surface area (Å²) in [5.41, 5.74) is 0.266. The van der Waals surface area contributed by atoms with Crippen LogP contribution in [-0.2, 0) is 14.8 Å². The molecule has 1 aliphatic rings. The lowest BCUT2D eigenvalue weighted by Crippen LogP contribution is -2.49. The van der Waals surface area contributed by atoms with Crippen molar-refractivity contribution in [1.82, 2.24) is 4.90 Å². The molecule has 2 rings (SSSR count). The Kier molecular flexibility index (Phi) is 6.39. The maximum atomic E-state index is 12.7. The van der Waals surface area contributed by atoms with Crippen molar-refractivity contribution in [3.05, 3.63) is 28.2 Å². The normalized spacial score (nSPS) is 18.5. The first-order valence-electron chi connectivity index (χ1n) is 7.96. The van der Waals surface area contributed by atoms with Crippen molar-refractivity contribution in [3.8, 4) is 0 Å². The van der Waals surface area contributed by atoms with Crippen LogP contribution in [0.4, 0.5) is 5.69 Å². The fourth-order valence-electron chi connectivity index (χ4n) is 3.03. The number of amides is 1. The van der Waals surface area contributed by atoms with Gasteiger partial charge in [-0.2, -0.15) is 0 Å². The van der Waals surface area contributed by atoms with Crippen LogP contribution in [-0.4, -0.2) is 44.6 Å². The van der Waals surface area contributed by atoms with E-state index >= 15 is 0 Å². The first kappa shape index (κ1) is 19.3. The lowest BCUT2D eigenvalue weighted by molar-refractivity contribution is -0.133. The lowest BCUT2D eigenvalue weighted by Gasteiger charge is -2.36. The number of anilines is 1. The molecule has 1 aromatic rings. The lowest BCUT2D eigenvalue weighted by atomic mass is 10.00. The highest BCUT2D eigenvalue weighted by Crippen LogP contribution is 2.30. The topological polar surface area (TPSA) is 57.7 Å². The van der Waals surface area contributed by atoms with E-state index in [1.165, 1.54) is 12.1 Å². The van der Waals surface area contributed by atoms with E-state index in [1.807, 2.05) is 6.92 Å². The molecule has 1 saturated heterocycles. The van der Waals surface area contributed by atoms with E-state index in [0.29, 0.717) is 11.6 Å². The summed E-state index contributed by atoms with van der Waals surface area (Å²) in [5.74, 6) is -0.196. The minimum absolute atomic E-state index is 0.174. The maximum absolute atomic E-state index is 12.7. The van der Waals surface area contributed by atoms with Gasteiger partial charge in [-0.15, -0.1) is 0 Å². The van der Waals surface area contributed by atoms with Gasteiger partial charge in [-0.3, -0.25) is 9.10 Å². The zero-order valence-corrected chi connectivity index (χ0v) is 16.2. The molecule has 134 valence electrons. The molecule has 1 heterocycles. The van der Waals surface area contributed by atoms with Crippen molar-refractivity contribution in [3.63, 3.8) is 0 Å². The highest BCUT2D eigenvalue weighted by molar-refractivity contribution is 7.92. The molecule has 0 saturated carbocycles. The fraction of sp³-hybridized carbons (Fsp3) is 0.562. The number of hydrogen-bond acceptors (Lipinski definition) is 3. The predicted molar refractivity (Wildman–Crippen MR) is 98.3 cm³/mol. The van der Waals surface area contributed by atoms with Gasteiger partial charge < -0.3 is 4.90 Å². The minimum Gasteiger partial charge on any atom is -0.338 e. The van der Waals surface area contributed by atoms with E-state index in [1.54, 1.807) is 11.0 Å². The van der Waals surface area contributed by atoms with Crippen molar-refractivity contribution in [2.75, 3.05) is 23.7 Å². The molecule has 0 radical (unpaired) electrons. The van der Waals surface area contributed by atoms with Gasteiger partial charge in [0.2, 0.25) is 15.9 Å². The highest BCUT2D eigenvalue weighted by Gasteiger charge is 2.30. The molecular weight excluding hydrogens is 371 g/mol. The number of nitrogens with zero attached hydrogens (tertiary/aromatic N) is 2. The fourth-order valence-corrected chi connectivity index (χ4v) is 4.45. The van der Waals surface area contributed by atoms with Gasteiger partial charge in [-0.05, 0) is 43.9 Å². The van der Waals surface area contributed by atoms with Gasteiger partial charge in [-0.25, -0.2) is 8.42 Å². The van der Waals surface area contributed by atoms with Crippen LogP contribution in [0.2, 0.25) is 10.0 Å². The summed E-state index contributed by atoms with van der Waals surface area (Å²) in [6, 6.07) is 4.72. The van der Waals surface area contributed by atoms with Crippen molar-refractivity contribution in [1.29, 1.82) is 0 Å². The molecule has 0 spiro atoms. The largest absolute Gasteiger partial charge is 0.338 e. The van der Waals surface area contributed by atoms with E-state index in [9.17, 15) is 13.2 Å². The molecule has 24 heavy (non-hydrogen) atoms. The first-order chi connectivity index (χ1) is 11.2. The van der Waals surface area contributed by atoms with Crippen LogP contribution in [0.1, 0.15) is 32.6 Å². The van der Waals surface area contributed by atoms with Crippen LogP contribution in [0.15, 0.2) is 18.2 Å². The number of carbonyl (C=O) groups is 1. The second-order valence-corrected chi connectivity index (χ2v) is 8.76. The molecule has 8 heteroatoms. The number of sulfonamides is 1. The summed E-state index contributed by atoms with van der Waals surface area (Å²) in [7, 11) is -3.65. The summed E-state index contributed by atoms with van der Waals surface area (Å²) in [5, 5.41) is 0.608. The van der Waals surface area contributed by atoms with Crippen LogP contribution in [0.3, 0.4) is 0 Å². The molecule has 5 nitrogen and oxygen atoms in total. The van der Waals surface area contributed by atoms with Crippen LogP contribution >= 0.6 is 23.2 Å². The van der Waals surface area contributed by atoms with Crippen molar-refractivity contribution in [2.24, 2.45) is 0 Å². The molecule has 1 aliphatic heterocycles. The quantitative estimate of drug-likeness (QED) is 0.769. The van der Waals surface area contributed by atoms with Gasteiger partial charge in [-0.1, -0.05) is 30.1 Å². The molecular formula is C16H22Cl2N2O3S. The average molecular weight is 393 g/mol. The molecule has 1 amide bonds. The Hall–Kier alpha value is -0.980. The Morgan fingerprint density at radius 3 is 2.62 bits per heavy atom. The van der Waals surface area contributed by atoms with Gasteiger partial charge in [0, 0.05) is 17.6 Å². The standard InChI is InChI=1S/C16H22Cl2N2O3S/c1-3-13-6-4-5-9-19(13)16(21)11-20(24(2,22)23)15-8-7-12(17)10-14(15)18/h7-8,10,13H,3-6,9,11H2,1-2H3. The van der Waals surface area contributed by atoms with E-state index in [0.717, 1.165) is 36.2 Å². The molecule has 1 fully saturated rings. The van der Waals surface area contributed by atoms with Gasteiger partial charge in [0.1, 0.15) is 6.54 Å². The third-order valence-electron chi connectivity index (χ3n) is 4.28. The van der Waals surface area contributed by atoms with Gasteiger partial charge in [0.05, 0.1) is 17.0 Å². The average Bonchev–Trinajstić information content (AvgIpc) is 2.52. The molecule has 0 bridgehead atoms. The molecule has 0 aromatic heterocycles. The van der Waals surface area contributed by atoms with Crippen LogP contribution < -0.4 is 4.31 Å². The maximum Gasteiger partial charge on any atom is 0.243 e. The van der Waals surface area contributed by atoms with Crippen LogP contribution in [0.25, 0.3) is 0 Å². The third kappa shape index (κ3) is 4.55. The van der Waals surface area contributed by atoms with Gasteiger partial charge in [0.25, 0.3) is 0 Å². The van der Waals surface area contributed by atoms with E-state index in [-0.39, 0.29) is 29.2 Å². The van der Waals surface area contributed by atoms with Crippen molar-refractivity contribution < 1.29 is 13.2 Å². The highest BCUT2D eigenvalue weighted by atomic mass is 35.5. The number of benzene rings is 1. The van der Waals surface area contributed by atoms with Gasteiger partial charge in [0.15, 0.2) is 0 Å². The Morgan fingerprint density at radius 1 is 1.33 bits per heavy atom. The van der Waals surface area contributed by atoms with Crippen LogP contribution in [0.5, 0.6) is 0 Å². The summed E-state index contributed by atoms with van der Waals surface area (Å²) >= 11 is 12.0. The summed E-state index contributed by atoms with van der Waals surface area (Å²) in [6.07, 6.45) is 4.94. The molecule has 0 aliphatic carbocycles. The molecule has 1 unspecified atom stereocenters. The zero-order chi connectivity index (χ0) is 17.9. The SMILES string of the molecule is CCC1CCCCN1C(=O)CN(c1ccc(Cl)cc1Cl)S(C)(=O)=O. The number of halogens is 2. The van der Waals surface area contributed by atoms with E-state index in [4.69, 9.17) is 23.2 Å². The van der Waals surface area contributed by atoms with Crippen LogP contribution in [0, 0.1) is 0 Å². The number of rotatable bonds is 5. The first-order valence-corrected chi connectivity index (χ1v) is 10.6. The predicted octanol–water partition coefficient (Wildman–Crippen LogP) is 3.55. The number of piperidine rings is 1. The summed E-state index contributed by atoms with van der Waals surface area (Å²) in [6.45, 7) is 2.46. The summed E-state index contributed by atoms with van der Waals surface area (Å²) < 4.78 is 25.5. The van der Waals surface area contributed by atoms with Crippen molar-refractivity contribution >= 4 is 44.8 Å². The minimum atomic E-state index is -3.65. The second-order valence-electron chi connectivity index (χ2n) is 6.01.